The van der Waals surface area contributed by atoms with Gasteiger partial charge in [-0.1, -0.05) is 44.2 Å². The second-order valence-electron chi connectivity index (χ2n) is 4.15. The summed E-state index contributed by atoms with van der Waals surface area (Å²) >= 11 is 0. The molecule has 0 fully saturated rings. The number of amides is 1. The lowest BCUT2D eigenvalue weighted by molar-refractivity contribution is -0.132. The molecule has 1 atom stereocenters. The third-order valence-corrected chi connectivity index (χ3v) is 2.44. The van der Waals surface area contributed by atoms with Crippen molar-refractivity contribution in [1.29, 1.82) is 0 Å². The van der Waals surface area contributed by atoms with E-state index in [4.69, 9.17) is 0 Å². The molecule has 2 N–H and O–H groups in total. The van der Waals surface area contributed by atoms with Crippen LogP contribution in [0.4, 0.5) is 0 Å². The highest BCUT2D eigenvalue weighted by Gasteiger charge is 2.18. The Morgan fingerprint density at radius 1 is 1.24 bits per heavy atom. The van der Waals surface area contributed by atoms with E-state index in [2.05, 4.69) is 5.32 Å². The molecule has 0 saturated carbocycles. The van der Waals surface area contributed by atoms with Gasteiger partial charge >= 0.3 is 0 Å². The number of hydrogen-bond acceptors (Lipinski definition) is 3. The van der Waals surface area contributed by atoms with Crippen LogP contribution in [0.1, 0.15) is 25.5 Å². The molecule has 0 radical (unpaired) electrons. The summed E-state index contributed by atoms with van der Waals surface area (Å²) in [4.78, 5) is 22.9. The van der Waals surface area contributed by atoms with Gasteiger partial charge in [0.05, 0.1) is 6.54 Å². The Kier molecular flexibility index (Phi) is 4.84. The number of benzene rings is 1. The fourth-order valence-electron chi connectivity index (χ4n) is 1.26. The highest BCUT2D eigenvalue weighted by atomic mass is 16.3. The number of Topliss-reactive ketones (excluding diaryl/α,β-unsaturated/α-hetero) is 1. The minimum Gasteiger partial charge on any atom is -0.378 e. The van der Waals surface area contributed by atoms with Crippen LogP contribution in [0.25, 0.3) is 0 Å². The van der Waals surface area contributed by atoms with E-state index in [0.717, 1.165) is 0 Å². The van der Waals surface area contributed by atoms with Crippen molar-refractivity contribution in [2.24, 2.45) is 5.92 Å². The zero-order chi connectivity index (χ0) is 12.8. The molecule has 0 aromatic heterocycles. The van der Waals surface area contributed by atoms with Crippen LogP contribution in [0.5, 0.6) is 0 Å². The van der Waals surface area contributed by atoms with Gasteiger partial charge in [0.1, 0.15) is 0 Å². The highest BCUT2D eigenvalue weighted by Crippen LogP contribution is 2.11. The first-order chi connectivity index (χ1) is 8.02. The number of carbonyl (C=O) groups excluding carboxylic acids is 2. The third-order valence-electron chi connectivity index (χ3n) is 2.44. The number of aliphatic hydroxyl groups excluding tert-OH is 1. The van der Waals surface area contributed by atoms with Crippen molar-refractivity contribution in [1.82, 2.24) is 5.32 Å². The molecular weight excluding hydrogens is 218 g/mol. The topological polar surface area (TPSA) is 66.4 Å². The third kappa shape index (κ3) is 4.00. The van der Waals surface area contributed by atoms with Gasteiger partial charge in [0.25, 0.3) is 5.91 Å². The van der Waals surface area contributed by atoms with E-state index < -0.39 is 12.0 Å². The standard InChI is InChI=1S/C13H17NO3/c1-9(2)11(15)8-14-13(17)12(16)10-6-4-3-5-7-10/h3-7,9,12,16H,8H2,1-2H3,(H,14,17)/t12-/m0/s1. The molecular formula is C13H17NO3. The van der Waals surface area contributed by atoms with Crippen LogP contribution >= 0.6 is 0 Å². The van der Waals surface area contributed by atoms with Crippen LogP contribution in [0.15, 0.2) is 30.3 Å². The molecule has 1 aromatic carbocycles. The molecule has 4 heteroatoms. The van der Waals surface area contributed by atoms with Gasteiger partial charge in [0, 0.05) is 5.92 Å². The van der Waals surface area contributed by atoms with Crippen molar-refractivity contribution in [3.05, 3.63) is 35.9 Å². The molecule has 0 aliphatic heterocycles. The van der Waals surface area contributed by atoms with Crippen molar-refractivity contribution < 1.29 is 14.7 Å². The van der Waals surface area contributed by atoms with Gasteiger partial charge in [0.2, 0.25) is 0 Å². The lowest BCUT2D eigenvalue weighted by atomic mass is 10.1. The summed E-state index contributed by atoms with van der Waals surface area (Å²) in [5.41, 5.74) is 0.516. The van der Waals surface area contributed by atoms with E-state index in [9.17, 15) is 14.7 Å². The van der Waals surface area contributed by atoms with Crippen LogP contribution in [0.2, 0.25) is 0 Å². The van der Waals surface area contributed by atoms with Gasteiger partial charge in [-0.05, 0) is 5.56 Å². The number of aliphatic hydroxyl groups is 1. The average molecular weight is 235 g/mol. The van der Waals surface area contributed by atoms with E-state index in [0.29, 0.717) is 5.56 Å². The molecule has 0 bridgehead atoms. The predicted octanol–water partition coefficient (Wildman–Crippen LogP) is 1.06. The first-order valence-corrected chi connectivity index (χ1v) is 5.55. The van der Waals surface area contributed by atoms with E-state index in [-0.39, 0.29) is 18.2 Å². The van der Waals surface area contributed by atoms with Gasteiger partial charge in [-0.25, -0.2) is 0 Å². The Labute approximate surface area is 101 Å². The lowest BCUT2D eigenvalue weighted by Gasteiger charge is -2.11. The van der Waals surface area contributed by atoms with Crippen molar-refractivity contribution in [3.63, 3.8) is 0 Å². The van der Waals surface area contributed by atoms with Crippen molar-refractivity contribution in [2.45, 2.75) is 20.0 Å². The minimum absolute atomic E-state index is 0.0413. The number of hydrogen-bond donors (Lipinski definition) is 2. The Bertz CT molecular complexity index is 387. The van der Waals surface area contributed by atoms with Crippen molar-refractivity contribution in [2.75, 3.05) is 6.54 Å². The number of ketones is 1. The average Bonchev–Trinajstić information content (AvgIpc) is 2.35. The van der Waals surface area contributed by atoms with Crippen LogP contribution in [0, 0.1) is 5.92 Å². The summed E-state index contributed by atoms with van der Waals surface area (Å²) < 4.78 is 0. The number of carbonyl (C=O) groups is 2. The first-order valence-electron chi connectivity index (χ1n) is 5.55. The second kappa shape index (κ2) is 6.15. The quantitative estimate of drug-likeness (QED) is 0.802. The molecule has 0 heterocycles. The molecule has 0 aliphatic carbocycles. The maximum atomic E-state index is 11.6. The molecule has 92 valence electrons. The van der Waals surface area contributed by atoms with Gasteiger partial charge < -0.3 is 10.4 Å². The van der Waals surface area contributed by atoms with Crippen LogP contribution in [-0.4, -0.2) is 23.3 Å². The fraction of sp³-hybridized carbons (Fsp3) is 0.385. The molecule has 1 aromatic rings. The van der Waals surface area contributed by atoms with E-state index in [1.54, 1.807) is 44.2 Å². The van der Waals surface area contributed by atoms with E-state index in [1.165, 1.54) is 0 Å². The van der Waals surface area contributed by atoms with Crippen LogP contribution in [-0.2, 0) is 9.59 Å². The summed E-state index contributed by atoms with van der Waals surface area (Å²) in [5.74, 6) is -0.729. The first kappa shape index (κ1) is 13.4. The summed E-state index contributed by atoms with van der Waals surface area (Å²) in [6.07, 6.45) is -1.23. The highest BCUT2D eigenvalue weighted by molar-refractivity contribution is 5.89. The summed E-state index contributed by atoms with van der Waals surface area (Å²) in [7, 11) is 0. The van der Waals surface area contributed by atoms with E-state index >= 15 is 0 Å². The summed E-state index contributed by atoms with van der Waals surface area (Å²) in [6.45, 7) is 3.49. The molecule has 4 nitrogen and oxygen atoms in total. The number of nitrogens with one attached hydrogen (secondary N) is 1. The molecule has 1 amide bonds. The Hall–Kier alpha value is -1.68. The Balaban J connectivity index is 2.51. The number of rotatable bonds is 5. The van der Waals surface area contributed by atoms with Gasteiger partial charge in [-0.3, -0.25) is 9.59 Å². The molecule has 0 unspecified atom stereocenters. The Morgan fingerprint density at radius 2 is 1.82 bits per heavy atom. The molecule has 0 saturated heterocycles. The van der Waals surface area contributed by atoms with Crippen molar-refractivity contribution >= 4 is 11.7 Å². The van der Waals surface area contributed by atoms with Gasteiger partial charge in [-0.15, -0.1) is 0 Å². The molecule has 1 rings (SSSR count). The second-order valence-corrected chi connectivity index (χ2v) is 4.15. The monoisotopic (exact) mass is 235 g/mol. The molecule has 0 aliphatic rings. The zero-order valence-corrected chi connectivity index (χ0v) is 10.0. The SMILES string of the molecule is CC(C)C(=O)CNC(=O)[C@@H](O)c1ccccc1. The fourth-order valence-corrected chi connectivity index (χ4v) is 1.26. The lowest BCUT2D eigenvalue weighted by Crippen LogP contribution is -2.35. The van der Waals surface area contributed by atoms with E-state index in [1.807, 2.05) is 0 Å². The van der Waals surface area contributed by atoms with Crippen LogP contribution < -0.4 is 5.32 Å². The summed E-state index contributed by atoms with van der Waals surface area (Å²) in [5, 5.41) is 12.1. The van der Waals surface area contributed by atoms with Crippen molar-refractivity contribution in [3.8, 4) is 0 Å². The van der Waals surface area contributed by atoms with Gasteiger partial charge in [-0.2, -0.15) is 0 Å². The Morgan fingerprint density at radius 3 is 2.35 bits per heavy atom. The molecule has 17 heavy (non-hydrogen) atoms. The molecule has 0 spiro atoms. The zero-order valence-electron chi connectivity index (χ0n) is 10.0. The van der Waals surface area contributed by atoms with Gasteiger partial charge in [0.15, 0.2) is 11.9 Å². The summed E-state index contributed by atoms with van der Waals surface area (Å²) in [6, 6.07) is 8.61. The largest absolute Gasteiger partial charge is 0.378 e. The smallest absolute Gasteiger partial charge is 0.253 e. The minimum atomic E-state index is -1.23. The normalized spacial score (nSPS) is 12.2. The predicted molar refractivity (Wildman–Crippen MR) is 64.3 cm³/mol. The maximum absolute atomic E-state index is 11.6. The maximum Gasteiger partial charge on any atom is 0.253 e. The van der Waals surface area contributed by atoms with Crippen LogP contribution in [0.3, 0.4) is 0 Å².